The van der Waals surface area contributed by atoms with Gasteiger partial charge in [-0.2, -0.15) is 0 Å². The third kappa shape index (κ3) is 3.03. The van der Waals surface area contributed by atoms with E-state index in [1.165, 1.54) is 31.2 Å². The summed E-state index contributed by atoms with van der Waals surface area (Å²) in [5.74, 6) is 0.247. The van der Waals surface area contributed by atoms with Crippen LogP contribution in [-0.2, 0) is 6.42 Å². The van der Waals surface area contributed by atoms with Crippen molar-refractivity contribution >= 4 is 16.7 Å². The Hall–Kier alpha value is -1.61. The van der Waals surface area contributed by atoms with Gasteiger partial charge in [0, 0.05) is 22.7 Å². The second-order valence-electron chi connectivity index (χ2n) is 6.01. The topological polar surface area (TPSA) is 36.1 Å². The molecule has 3 heteroatoms. The normalized spacial score (nSPS) is 17.0. The molecule has 1 aromatic heterocycles. The lowest BCUT2D eigenvalue weighted by Crippen LogP contribution is -2.30. The van der Waals surface area contributed by atoms with Crippen LogP contribution >= 0.6 is 0 Å². The van der Waals surface area contributed by atoms with Gasteiger partial charge in [0.2, 0.25) is 0 Å². The molecule has 0 radical (unpaired) electrons. The summed E-state index contributed by atoms with van der Waals surface area (Å²) >= 11 is 0. The number of aromatic nitrogens is 1. The lowest BCUT2D eigenvalue weighted by Gasteiger charge is -2.18. The smallest absolute Gasteiger partial charge is 0.178 e. The summed E-state index contributed by atoms with van der Waals surface area (Å²) in [4.78, 5) is 18.3. The standard InChI is InChI=1S/C18H24N2O/c1-2-14-8-7-9-15-16(12-19-18(14)15)17(21)13-20-10-5-3-4-6-11-20/h7-9,12,19H,2-6,10-11,13H2,1H3. The first-order valence-electron chi connectivity index (χ1n) is 8.14. The van der Waals surface area contributed by atoms with Crippen LogP contribution in [0.2, 0.25) is 0 Å². The van der Waals surface area contributed by atoms with Crippen LogP contribution in [-0.4, -0.2) is 35.3 Å². The summed E-state index contributed by atoms with van der Waals surface area (Å²) in [6.07, 6.45) is 7.93. The molecule has 0 unspecified atom stereocenters. The lowest BCUT2D eigenvalue weighted by molar-refractivity contribution is 0.0934. The molecular formula is C18H24N2O. The third-order valence-corrected chi connectivity index (χ3v) is 4.55. The molecule has 1 aromatic carbocycles. The highest BCUT2D eigenvalue weighted by Gasteiger charge is 2.17. The largest absolute Gasteiger partial charge is 0.360 e. The van der Waals surface area contributed by atoms with Crippen molar-refractivity contribution in [2.75, 3.05) is 19.6 Å². The van der Waals surface area contributed by atoms with Crippen molar-refractivity contribution in [3.63, 3.8) is 0 Å². The van der Waals surface area contributed by atoms with Crippen LogP contribution in [0.1, 0.15) is 48.5 Å². The molecule has 1 fully saturated rings. The van der Waals surface area contributed by atoms with E-state index < -0.39 is 0 Å². The summed E-state index contributed by atoms with van der Waals surface area (Å²) < 4.78 is 0. The van der Waals surface area contributed by atoms with Gasteiger partial charge in [0.25, 0.3) is 0 Å². The zero-order valence-corrected chi connectivity index (χ0v) is 12.8. The van der Waals surface area contributed by atoms with Crippen LogP contribution in [0.15, 0.2) is 24.4 Å². The highest BCUT2D eigenvalue weighted by atomic mass is 16.1. The summed E-state index contributed by atoms with van der Waals surface area (Å²) in [6, 6.07) is 6.24. The molecule has 0 saturated carbocycles. The number of aromatic amines is 1. The molecule has 0 spiro atoms. The molecule has 0 bridgehead atoms. The van der Waals surface area contributed by atoms with E-state index >= 15 is 0 Å². The van der Waals surface area contributed by atoms with Crippen LogP contribution in [0.3, 0.4) is 0 Å². The maximum Gasteiger partial charge on any atom is 0.178 e. The highest BCUT2D eigenvalue weighted by Crippen LogP contribution is 2.23. The van der Waals surface area contributed by atoms with Gasteiger partial charge >= 0.3 is 0 Å². The third-order valence-electron chi connectivity index (χ3n) is 4.55. The number of nitrogens with zero attached hydrogens (tertiary/aromatic N) is 1. The number of likely N-dealkylation sites (tertiary alicyclic amines) is 1. The molecule has 112 valence electrons. The number of nitrogens with one attached hydrogen (secondary N) is 1. The van der Waals surface area contributed by atoms with Crippen LogP contribution in [0.4, 0.5) is 0 Å². The maximum atomic E-state index is 12.6. The number of carbonyl (C=O) groups is 1. The maximum absolute atomic E-state index is 12.6. The van der Waals surface area contributed by atoms with Crippen molar-refractivity contribution in [1.29, 1.82) is 0 Å². The van der Waals surface area contributed by atoms with E-state index in [-0.39, 0.29) is 5.78 Å². The molecule has 0 amide bonds. The Morgan fingerprint density at radius 1 is 1.19 bits per heavy atom. The highest BCUT2D eigenvalue weighted by molar-refractivity contribution is 6.09. The molecule has 0 atom stereocenters. The SMILES string of the molecule is CCc1cccc2c(C(=O)CN3CCCCCC3)c[nH]c12. The average Bonchev–Trinajstić information content (AvgIpc) is 2.78. The van der Waals surface area contributed by atoms with Crippen molar-refractivity contribution < 1.29 is 4.79 Å². The van der Waals surface area contributed by atoms with Crippen molar-refractivity contribution in [3.05, 3.63) is 35.5 Å². The van der Waals surface area contributed by atoms with E-state index in [4.69, 9.17) is 0 Å². The van der Waals surface area contributed by atoms with Gasteiger partial charge in [-0.3, -0.25) is 9.69 Å². The number of rotatable bonds is 4. The molecule has 2 aromatic rings. The summed E-state index contributed by atoms with van der Waals surface area (Å²) in [5, 5.41) is 1.08. The number of hydrogen-bond donors (Lipinski definition) is 1. The fourth-order valence-corrected chi connectivity index (χ4v) is 3.32. The van der Waals surface area contributed by atoms with E-state index in [0.717, 1.165) is 36.0 Å². The predicted octanol–water partition coefficient (Wildman–Crippen LogP) is 3.79. The number of para-hydroxylation sites is 1. The molecule has 2 heterocycles. The number of ketones is 1. The van der Waals surface area contributed by atoms with Crippen LogP contribution in [0, 0.1) is 0 Å². The predicted molar refractivity (Wildman–Crippen MR) is 86.9 cm³/mol. The fraction of sp³-hybridized carbons (Fsp3) is 0.500. The average molecular weight is 284 g/mol. The molecule has 0 aliphatic carbocycles. The van der Waals surface area contributed by atoms with Gasteiger partial charge in [0.05, 0.1) is 6.54 Å². The van der Waals surface area contributed by atoms with E-state index in [0.29, 0.717) is 6.54 Å². The molecule has 1 aliphatic rings. The number of fused-ring (bicyclic) bond motifs is 1. The Kier molecular flexibility index (Phi) is 4.39. The zero-order valence-electron chi connectivity index (χ0n) is 12.8. The van der Waals surface area contributed by atoms with Crippen molar-refractivity contribution in [3.8, 4) is 0 Å². The number of H-pyrrole nitrogens is 1. The minimum Gasteiger partial charge on any atom is -0.360 e. The number of hydrogen-bond acceptors (Lipinski definition) is 2. The van der Waals surface area contributed by atoms with E-state index in [2.05, 4.69) is 35.0 Å². The van der Waals surface area contributed by atoms with Crippen LogP contribution in [0.5, 0.6) is 0 Å². The Morgan fingerprint density at radius 3 is 2.67 bits per heavy atom. The van der Waals surface area contributed by atoms with E-state index in [1.807, 2.05) is 6.20 Å². The fourth-order valence-electron chi connectivity index (χ4n) is 3.32. The Bertz CT molecular complexity index is 621. The van der Waals surface area contributed by atoms with Gasteiger partial charge in [0.15, 0.2) is 5.78 Å². The molecule has 3 rings (SSSR count). The summed E-state index contributed by atoms with van der Waals surface area (Å²) in [6.45, 7) is 4.83. The summed E-state index contributed by atoms with van der Waals surface area (Å²) in [5.41, 5.74) is 3.25. The first-order valence-corrected chi connectivity index (χ1v) is 8.14. The Morgan fingerprint density at radius 2 is 1.95 bits per heavy atom. The minimum absolute atomic E-state index is 0.247. The van der Waals surface area contributed by atoms with Crippen molar-refractivity contribution in [2.24, 2.45) is 0 Å². The van der Waals surface area contributed by atoms with Gasteiger partial charge in [0.1, 0.15) is 0 Å². The lowest BCUT2D eigenvalue weighted by atomic mass is 10.0. The van der Waals surface area contributed by atoms with Crippen LogP contribution in [0.25, 0.3) is 10.9 Å². The number of carbonyl (C=O) groups excluding carboxylic acids is 1. The first kappa shape index (κ1) is 14.3. The molecule has 3 nitrogen and oxygen atoms in total. The second-order valence-corrected chi connectivity index (χ2v) is 6.01. The number of Topliss-reactive ketones (excluding diaryl/α,β-unsaturated/α-hetero) is 1. The quantitative estimate of drug-likeness (QED) is 0.867. The second kappa shape index (κ2) is 6.44. The van der Waals surface area contributed by atoms with Crippen molar-refractivity contribution in [2.45, 2.75) is 39.0 Å². The Labute approximate surface area is 126 Å². The molecular weight excluding hydrogens is 260 g/mol. The number of aryl methyl sites for hydroxylation is 1. The van der Waals surface area contributed by atoms with Gasteiger partial charge in [-0.25, -0.2) is 0 Å². The summed E-state index contributed by atoms with van der Waals surface area (Å²) in [7, 11) is 0. The van der Waals surface area contributed by atoms with Crippen LogP contribution < -0.4 is 0 Å². The molecule has 21 heavy (non-hydrogen) atoms. The van der Waals surface area contributed by atoms with Gasteiger partial charge in [-0.1, -0.05) is 38.0 Å². The number of benzene rings is 1. The van der Waals surface area contributed by atoms with Gasteiger partial charge in [-0.05, 0) is 37.9 Å². The van der Waals surface area contributed by atoms with Gasteiger partial charge in [-0.15, -0.1) is 0 Å². The first-order chi connectivity index (χ1) is 10.3. The zero-order chi connectivity index (χ0) is 14.7. The van der Waals surface area contributed by atoms with E-state index in [9.17, 15) is 4.79 Å². The molecule has 1 aliphatic heterocycles. The monoisotopic (exact) mass is 284 g/mol. The van der Waals surface area contributed by atoms with Gasteiger partial charge < -0.3 is 4.98 Å². The minimum atomic E-state index is 0.247. The molecule has 1 saturated heterocycles. The van der Waals surface area contributed by atoms with E-state index in [1.54, 1.807) is 0 Å². The van der Waals surface area contributed by atoms with Crippen molar-refractivity contribution in [1.82, 2.24) is 9.88 Å². The Balaban J connectivity index is 1.81. The molecule has 1 N–H and O–H groups in total.